The molecule has 0 saturated carbocycles. The van der Waals surface area contributed by atoms with Crippen LogP contribution in [0.15, 0.2) is 0 Å². The van der Waals surface area contributed by atoms with E-state index in [0.717, 1.165) is 0 Å². The van der Waals surface area contributed by atoms with Crippen LogP contribution in [0.3, 0.4) is 0 Å². The molecule has 1 nitrogen and oxygen atoms in total. The summed E-state index contributed by atoms with van der Waals surface area (Å²) in [6, 6.07) is 0. The van der Waals surface area contributed by atoms with Gasteiger partial charge in [0.05, 0.1) is 0 Å². The van der Waals surface area contributed by atoms with Gasteiger partial charge in [0.1, 0.15) is 6.26 Å². The molecule has 26 valence electrons. The third-order valence-electron chi connectivity index (χ3n) is 0. The Balaban J connectivity index is 2.32. The van der Waals surface area contributed by atoms with Gasteiger partial charge < -0.3 is 4.55 Å². The first-order chi connectivity index (χ1) is 1.73. The van der Waals surface area contributed by atoms with Crippen molar-refractivity contribution in [1.29, 1.82) is 0 Å². The molecular formula is CH3IOS. The van der Waals surface area contributed by atoms with E-state index in [9.17, 15) is 4.55 Å². The standard InChI is InChI=1S/CH3IOS/c1-4(2)3/h1H3. The van der Waals surface area contributed by atoms with Crippen LogP contribution in [0, 0.1) is 0 Å². The van der Waals surface area contributed by atoms with Gasteiger partial charge in [-0.15, -0.1) is 0 Å². The molecule has 0 spiro atoms. The minimum absolute atomic E-state index is 0.641. The Hall–Kier alpha value is 1.04. The zero-order valence-electron chi connectivity index (χ0n) is 2.19. The van der Waals surface area contributed by atoms with Gasteiger partial charge >= 0.3 is 0 Å². The summed E-state index contributed by atoms with van der Waals surface area (Å²) >= 11 is 1.82. The van der Waals surface area contributed by atoms with Gasteiger partial charge in [0.15, 0.2) is 0 Å². The summed E-state index contributed by atoms with van der Waals surface area (Å²) in [7, 11) is -0.641. The van der Waals surface area contributed by atoms with Gasteiger partial charge in [0, 0.05) is 8.35 Å². The van der Waals surface area contributed by atoms with Gasteiger partial charge in [-0.2, -0.15) is 0 Å². The second-order valence-electron chi connectivity index (χ2n) is 0.384. The van der Waals surface area contributed by atoms with Gasteiger partial charge in [0.25, 0.3) is 0 Å². The summed E-state index contributed by atoms with van der Waals surface area (Å²) < 4.78 is 9.54. The van der Waals surface area contributed by atoms with Gasteiger partial charge in [-0.25, -0.2) is 0 Å². The average molecular weight is 190 g/mol. The highest BCUT2D eigenvalue weighted by Gasteiger charge is 1.73. The predicted molar refractivity (Wildman–Crippen MR) is 28.1 cm³/mol. The zero-order chi connectivity index (χ0) is 3.58. The van der Waals surface area contributed by atoms with E-state index in [1.54, 1.807) is 6.26 Å². The Morgan fingerprint density at radius 2 is 2.00 bits per heavy atom. The Morgan fingerprint density at radius 1 is 2.00 bits per heavy atom. The molecule has 1 unspecified atom stereocenters. The first kappa shape index (κ1) is 5.04. The molecule has 0 saturated heterocycles. The molecule has 0 aromatic rings. The van der Waals surface area contributed by atoms with Gasteiger partial charge in [-0.1, -0.05) is 0 Å². The number of rotatable bonds is 0. The van der Waals surface area contributed by atoms with Gasteiger partial charge in [0.2, 0.25) is 21.2 Å². The molecule has 0 amide bonds. The number of hydrogen-bond acceptors (Lipinski definition) is 1. The van der Waals surface area contributed by atoms with Crippen molar-refractivity contribution in [3.8, 4) is 0 Å². The van der Waals surface area contributed by atoms with Crippen molar-refractivity contribution in [2.24, 2.45) is 0 Å². The van der Waals surface area contributed by atoms with E-state index in [1.807, 2.05) is 21.2 Å². The van der Waals surface area contributed by atoms with E-state index in [-0.39, 0.29) is 0 Å². The molecule has 4 heavy (non-hydrogen) atoms. The molecule has 0 aromatic carbocycles. The molecule has 3 heteroatoms. The summed E-state index contributed by atoms with van der Waals surface area (Å²) in [6.07, 6.45) is 1.63. The maximum absolute atomic E-state index is 9.54. The second kappa shape index (κ2) is 2.29. The van der Waals surface area contributed by atoms with Crippen molar-refractivity contribution in [3.63, 3.8) is 0 Å². The Kier molecular flexibility index (Phi) is 2.88. The number of hydrogen-bond donors (Lipinski definition) is 0. The van der Waals surface area contributed by atoms with E-state index in [2.05, 4.69) is 0 Å². The molecule has 0 aromatic heterocycles. The molecule has 0 heterocycles. The van der Waals surface area contributed by atoms with Crippen LogP contribution < -0.4 is 0 Å². The third kappa shape index (κ3) is 11.7. The van der Waals surface area contributed by atoms with Crippen LogP contribution in [0.2, 0.25) is 0 Å². The van der Waals surface area contributed by atoms with E-state index in [4.69, 9.17) is 0 Å². The lowest BCUT2D eigenvalue weighted by Gasteiger charge is -1.82. The lowest BCUT2D eigenvalue weighted by atomic mass is 12.0. The molecule has 0 rings (SSSR count). The fourth-order valence-electron chi connectivity index (χ4n) is 0. The van der Waals surface area contributed by atoms with E-state index < -0.39 is 8.35 Å². The zero-order valence-corrected chi connectivity index (χ0v) is 5.17. The molecule has 0 radical (unpaired) electrons. The first-order valence-electron chi connectivity index (χ1n) is 0.729. The van der Waals surface area contributed by atoms with Crippen LogP contribution in [0.5, 0.6) is 0 Å². The molecule has 1 atom stereocenters. The summed E-state index contributed by atoms with van der Waals surface area (Å²) in [5.74, 6) is 0. The fraction of sp³-hybridized carbons (Fsp3) is 1.00. The molecule has 0 aliphatic carbocycles. The molecule has 0 N–H and O–H groups in total. The summed E-state index contributed by atoms with van der Waals surface area (Å²) in [4.78, 5) is 0. The normalized spacial score (nSPS) is 15.8. The van der Waals surface area contributed by atoms with Crippen LogP contribution in [-0.2, 0) is 8.35 Å². The topological polar surface area (TPSA) is 23.1 Å². The van der Waals surface area contributed by atoms with Crippen molar-refractivity contribution >= 4 is 29.6 Å². The molecular weight excluding hydrogens is 187 g/mol. The fourth-order valence-corrected chi connectivity index (χ4v) is 0. The molecule has 0 aliphatic rings. The largest absolute Gasteiger partial charge is 0.609 e. The molecule has 0 bridgehead atoms. The van der Waals surface area contributed by atoms with Crippen LogP contribution in [0.4, 0.5) is 0 Å². The summed E-state index contributed by atoms with van der Waals surface area (Å²) in [5.41, 5.74) is 0. The highest BCUT2D eigenvalue weighted by atomic mass is 127. The smallest absolute Gasteiger partial charge is 0.248 e. The maximum atomic E-state index is 9.54. The summed E-state index contributed by atoms with van der Waals surface area (Å²) in [6.45, 7) is 0. The van der Waals surface area contributed by atoms with Crippen molar-refractivity contribution in [3.05, 3.63) is 0 Å². The van der Waals surface area contributed by atoms with E-state index in [1.165, 1.54) is 0 Å². The SMILES string of the molecule is C[S+]([O-])I. The third-order valence-corrected chi connectivity index (χ3v) is 0. The highest BCUT2D eigenvalue weighted by molar-refractivity contribution is 14.2. The van der Waals surface area contributed by atoms with Gasteiger partial charge in [-0.3, -0.25) is 0 Å². The van der Waals surface area contributed by atoms with Crippen LogP contribution in [-0.4, -0.2) is 10.8 Å². The quantitative estimate of drug-likeness (QED) is 0.407. The Labute approximate surface area is 40.5 Å². The first-order valence-corrected chi connectivity index (χ1v) is 4.83. The predicted octanol–water partition coefficient (Wildman–Crippen LogP) is 0.715. The highest BCUT2D eigenvalue weighted by Crippen LogP contribution is 1.90. The lowest BCUT2D eigenvalue weighted by Crippen LogP contribution is -1.74. The van der Waals surface area contributed by atoms with Crippen molar-refractivity contribution < 1.29 is 4.55 Å². The van der Waals surface area contributed by atoms with Crippen molar-refractivity contribution in [2.45, 2.75) is 0 Å². The van der Waals surface area contributed by atoms with E-state index in [0.29, 0.717) is 0 Å². The van der Waals surface area contributed by atoms with E-state index >= 15 is 0 Å². The monoisotopic (exact) mass is 190 g/mol. The van der Waals surface area contributed by atoms with Crippen LogP contribution in [0.25, 0.3) is 0 Å². The van der Waals surface area contributed by atoms with Crippen LogP contribution in [0.1, 0.15) is 0 Å². The van der Waals surface area contributed by atoms with Crippen LogP contribution >= 0.6 is 21.2 Å². The Bertz CT molecular complexity index is 12.8. The Morgan fingerprint density at radius 3 is 2.00 bits per heavy atom. The van der Waals surface area contributed by atoms with Crippen molar-refractivity contribution in [2.75, 3.05) is 6.26 Å². The maximum Gasteiger partial charge on any atom is 0.248 e. The minimum atomic E-state index is -0.641. The van der Waals surface area contributed by atoms with Gasteiger partial charge in [-0.05, 0) is 0 Å². The lowest BCUT2D eigenvalue weighted by molar-refractivity contribution is 0.616. The second-order valence-corrected chi connectivity index (χ2v) is 4.87. The molecule has 0 aliphatic heterocycles. The minimum Gasteiger partial charge on any atom is -0.609 e. The average Bonchev–Trinajstić information content (AvgIpc) is 0.811. The molecule has 0 fully saturated rings. The summed E-state index contributed by atoms with van der Waals surface area (Å²) in [5, 5.41) is 0. The van der Waals surface area contributed by atoms with Crippen molar-refractivity contribution in [1.82, 2.24) is 0 Å². The number of halogens is 1.